The lowest BCUT2D eigenvalue weighted by atomic mass is 10.1. The summed E-state index contributed by atoms with van der Waals surface area (Å²) in [6.45, 7) is 10.8. The number of aryl methyl sites for hydroxylation is 1. The number of aromatic nitrogens is 8. The van der Waals surface area contributed by atoms with Crippen LogP contribution >= 0.6 is 0 Å². The maximum absolute atomic E-state index is 13.6. The molecule has 6 rings (SSSR count). The van der Waals surface area contributed by atoms with Crippen molar-refractivity contribution in [2.24, 2.45) is 0 Å². The second kappa shape index (κ2) is 17.1. The highest BCUT2D eigenvalue weighted by molar-refractivity contribution is 5.69. The van der Waals surface area contributed by atoms with E-state index in [0.717, 1.165) is 27.2 Å². The molecule has 0 fully saturated rings. The van der Waals surface area contributed by atoms with E-state index < -0.39 is 42.0 Å². The molecule has 6 aromatic rings. The number of rotatable bonds is 7. The van der Waals surface area contributed by atoms with Crippen molar-refractivity contribution in [3.05, 3.63) is 77.9 Å². The minimum atomic E-state index is -4.85. The lowest BCUT2D eigenvalue weighted by Crippen LogP contribution is -2.17. The number of halogens is 10. The van der Waals surface area contributed by atoms with Crippen LogP contribution in [0.4, 0.5) is 43.9 Å². The fraction of sp³-hybridized carbons (Fsp3) is 0.353. The van der Waals surface area contributed by atoms with E-state index in [4.69, 9.17) is 4.74 Å². The summed E-state index contributed by atoms with van der Waals surface area (Å²) < 4.78 is 143. The standard InChI is InChI=1S/C15H11F5N4O2.C15H11F5N4O.2C2H6/c1-14(16,17)13-22-21-12-6-5-10(23-24(12)13)9-4-3-8(7-11(9)25-2)26-15(18,19)20;1-8-7-9(3-5-11(8)25-15(18,19)20)10-4-6-12-21-22-13(14(2,16)17)24(12)23-10;2*1-2/h3-7H,1-2H3;3-7H,1-2H3;2*1-2H3. The summed E-state index contributed by atoms with van der Waals surface area (Å²) in [6.07, 6.45) is -9.65. The van der Waals surface area contributed by atoms with Gasteiger partial charge in [-0.25, -0.2) is 0 Å². The van der Waals surface area contributed by atoms with Crippen LogP contribution in [0.15, 0.2) is 60.7 Å². The molecule has 298 valence electrons. The van der Waals surface area contributed by atoms with Crippen LogP contribution in [-0.2, 0) is 11.8 Å². The number of benzene rings is 2. The van der Waals surface area contributed by atoms with Gasteiger partial charge in [0.1, 0.15) is 17.2 Å². The summed E-state index contributed by atoms with van der Waals surface area (Å²) in [4.78, 5) is 0. The summed E-state index contributed by atoms with van der Waals surface area (Å²) >= 11 is 0. The molecule has 0 saturated heterocycles. The molecule has 0 atom stereocenters. The Kier molecular flexibility index (Phi) is 13.6. The topological polar surface area (TPSA) is 114 Å². The van der Waals surface area contributed by atoms with Gasteiger partial charge in [0.05, 0.1) is 18.5 Å². The predicted molar refractivity (Wildman–Crippen MR) is 179 cm³/mol. The third-order valence-electron chi connectivity index (χ3n) is 6.69. The van der Waals surface area contributed by atoms with Gasteiger partial charge in [-0.1, -0.05) is 27.7 Å². The van der Waals surface area contributed by atoms with Crippen molar-refractivity contribution in [2.75, 3.05) is 7.11 Å². The first-order valence-corrected chi connectivity index (χ1v) is 16.2. The molecular weight excluding hydrogens is 758 g/mol. The van der Waals surface area contributed by atoms with Gasteiger partial charge < -0.3 is 14.2 Å². The van der Waals surface area contributed by atoms with Gasteiger partial charge in [0.25, 0.3) is 0 Å². The van der Waals surface area contributed by atoms with Crippen LogP contribution in [0.25, 0.3) is 33.8 Å². The van der Waals surface area contributed by atoms with E-state index in [1.807, 2.05) is 27.7 Å². The largest absolute Gasteiger partial charge is 0.573 e. The second-order valence-corrected chi connectivity index (χ2v) is 10.7. The van der Waals surface area contributed by atoms with Gasteiger partial charge in [-0.15, -0.1) is 46.7 Å². The molecule has 55 heavy (non-hydrogen) atoms. The van der Waals surface area contributed by atoms with Crippen molar-refractivity contribution in [3.63, 3.8) is 0 Å². The first kappa shape index (κ1) is 43.6. The molecule has 21 heteroatoms. The van der Waals surface area contributed by atoms with Crippen molar-refractivity contribution >= 4 is 11.3 Å². The van der Waals surface area contributed by atoms with Crippen LogP contribution in [0.3, 0.4) is 0 Å². The average Bonchev–Trinajstić information content (AvgIpc) is 3.74. The molecule has 0 aliphatic carbocycles. The van der Waals surface area contributed by atoms with Gasteiger partial charge in [0, 0.05) is 31.0 Å². The van der Waals surface area contributed by atoms with Crippen molar-refractivity contribution in [2.45, 2.75) is 73.0 Å². The summed E-state index contributed by atoms with van der Waals surface area (Å²) in [5.41, 5.74) is 1.63. The smallest absolute Gasteiger partial charge is 0.496 e. The molecule has 0 aliphatic heterocycles. The summed E-state index contributed by atoms with van der Waals surface area (Å²) in [7, 11) is 1.25. The molecule has 0 amide bonds. The van der Waals surface area contributed by atoms with Crippen LogP contribution in [0.1, 0.15) is 58.8 Å². The van der Waals surface area contributed by atoms with Crippen LogP contribution < -0.4 is 14.2 Å². The van der Waals surface area contributed by atoms with E-state index in [1.54, 1.807) is 0 Å². The van der Waals surface area contributed by atoms with Crippen LogP contribution in [0, 0.1) is 6.92 Å². The number of ether oxygens (including phenoxy) is 3. The number of methoxy groups -OCH3 is 1. The Balaban J connectivity index is 0.000000271. The minimum Gasteiger partial charge on any atom is -0.496 e. The van der Waals surface area contributed by atoms with Crippen molar-refractivity contribution in [3.8, 4) is 39.8 Å². The maximum atomic E-state index is 13.6. The molecule has 0 N–H and O–H groups in total. The first-order valence-electron chi connectivity index (χ1n) is 16.2. The van der Waals surface area contributed by atoms with Gasteiger partial charge in [-0.3, -0.25) is 0 Å². The monoisotopic (exact) mass is 792 g/mol. The van der Waals surface area contributed by atoms with E-state index in [0.29, 0.717) is 19.4 Å². The molecule has 0 radical (unpaired) electrons. The number of alkyl halides is 10. The molecule has 4 heterocycles. The maximum Gasteiger partial charge on any atom is 0.573 e. The molecule has 0 unspecified atom stereocenters. The summed E-state index contributed by atoms with van der Waals surface area (Å²) in [5.74, 6) is -8.61. The molecular formula is C34H34F10N8O3. The summed E-state index contributed by atoms with van der Waals surface area (Å²) in [5, 5.41) is 22.2. The molecule has 0 spiro atoms. The average molecular weight is 793 g/mol. The Morgan fingerprint density at radius 3 is 1.49 bits per heavy atom. The zero-order valence-corrected chi connectivity index (χ0v) is 30.4. The fourth-order valence-corrected chi connectivity index (χ4v) is 4.55. The molecule has 0 aliphatic rings. The molecule has 2 aromatic carbocycles. The van der Waals surface area contributed by atoms with E-state index in [-0.39, 0.29) is 45.3 Å². The highest BCUT2D eigenvalue weighted by Gasteiger charge is 2.34. The Morgan fingerprint density at radius 1 is 0.545 bits per heavy atom. The molecule has 4 aromatic heterocycles. The Morgan fingerprint density at radius 2 is 1.04 bits per heavy atom. The Bertz CT molecular complexity index is 2190. The van der Waals surface area contributed by atoms with E-state index in [1.165, 1.54) is 56.5 Å². The fourth-order valence-electron chi connectivity index (χ4n) is 4.55. The first-order chi connectivity index (χ1) is 25.6. The van der Waals surface area contributed by atoms with E-state index in [2.05, 4.69) is 40.1 Å². The third-order valence-corrected chi connectivity index (χ3v) is 6.69. The lowest BCUT2D eigenvalue weighted by molar-refractivity contribution is -0.275. The molecule has 11 nitrogen and oxygen atoms in total. The number of hydrogen-bond acceptors (Lipinski definition) is 9. The predicted octanol–water partition coefficient (Wildman–Crippen LogP) is 9.97. The van der Waals surface area contributed by atoms with Crippen molar-refractivity contribution in [1.82, 2.24) is 39.6 Å². The van der Waals surface area contributed by atoms with Gasteiger partial charge in [0.2, 0.25) is 11.6 Å². The second-order valence-electron chi connectivity index (χ2n) is 10.7. The normalized spacial score (nSPS) is 11.8. The zero-order valence-electron chi connectivity index (χ0n) is 30.4. The van der Waals surface area contributed by atoms with Gasteiger partial charge in [-0.05, 0) is 67.1 Å². The molecule has 0 saturated carbocycles. The van der Waals surface area contributed by atoms with Gasteiger partial charge in [0.15, 0.2) is 11.3 Å². The molecule has 0 bridgehead atoms. The van der Waals surface area contributed by atoms with E-state index >= 15 is 0 Å². The SMILES string of the molecule is CC.CC.COc1cc(OC(F)(F)F)ccc1-c1ccc2nnc(C(C)(F)F)n2n1.Cc1cc(-c2ccc3nnc(C(C)(F)F)n3n2)ccc1OC(F)(F)F. The lowest BCUT2D eigenvalue weighted by Gasteiger charge is -2.13. The minimum absolute atomic E-state index is 0.0245. The number of fused-ring (bicyclic) bond motifs is 2. The van der Waals surface area contributed by atoms with Gasteiger partial charge >= 0.3 is 24.6 Å². The number of hydrogen-bond donors (Lipinski definition) is 0. The van der Waals surface area contributed by atoms with Crippen molar-refractivity contribution < 1.29 is 58.1 Å². The van der Waals surface area contributed by atoms with Crippen molar-refractivity contribution in [1.29, 1.82) is 0 Å². The van der Waals surface area contributed by atoms with E-state index in [9.17, 15) is 43.9 Å². The highest BCUT2D eigenvalue weighted by Crippen LogP contribution is 2.35. The quantitative estimate of drug-likeness (QED) is 0.146. The number of nitrogens with zero attached hydrogens (tertiary/aromatic N) is 8. The third kappa shape index (κ3) is 11.1. The Hall–Kier alpha value is -5.76. The van der Waals surface area contributed by atoms with Crippen LogP contribution in [0.5, 0.6) is 17.2 Å². The Labute approximate surface area is 306 Å². The van der Waals surface area contributed by atoms with Crippen LogP contribution in [0.2, 0.25) is 0 Å². The van der Waals surface area contributed by atoms with Crippen LogP contribution in [-0.4, -0.2) is 59.5 Å². The highest BCUT2D eigenvalue weighted by atomic mass is 19.4. The zero-order chi connectivity index (χ0) is 41.5. The summed E-state index contributed by atoms with van der Waals surface area (Å²) in [6, 6.07) is 13.1. The van der Waals surface area contributed by atoms with Gasteiger partial charge in [-0.2, -0.15) is 36.8 Å².